The van der Waals surface area contributed by atoms with Crippen molar-refractivity contribution in [1.29, 1.82) is 5.26 Å². The van der Waals surface area contributed by atoms with Crippen LogP contribution in [0.2, 0.25) is 0 Å². The highest BCUT2D eigenvalue weighted by Gasteiger charge is 2.18. The maximum atomic E-state index is 12.8. The minimum Gasteiger partial charge on any atom is -0.497 e. The van der Waals surface area contributed by atoms with Gasteiger partial charge in [-0.3, -0.25) is 4.79 Å². The number of carbonyl (C=O) groups is 1. The molecule has 2 aromatic carbocycles. The molecule has 1 aliphatic heterocycles. The molecule has 1 fully saturated rings. The van der Waals surface area contributed by atoms with E-state index in [2.05, 4.69) is 10.2 Å². The molecule has 0 unspecified atom stereocenters. The maximum absolute atomic E-state index is 12.8. The van der Waals surface area contributed by atoms with E-state index in [1.54, 1.807) is 37.5 Å². The third-order valence-electron chi connectivity index (χ3n) is 5.06. The Kier molecular flexibility index (Phi) is 6.11. The lowest BCUT2D eigenvalue weighted by Crippen LogP contribution is -2.37. The Hall–Kier alpha value is -3.89. The van der Waals surface area contributed by atoms with Crippen molar-refractivity contribution in [2.45, 2.75) is 0 Å². The fraction of sp³-hybridized carbons (Fsp3) is 0.208. The van der Waals surface area contributed by atoms with Gasteiger partial charge in [-0.25, -0.2) is 4.98 Å². The largest absolute Gasteiger partial charge is 0.497 e. The first kappa shape index (κ1) is 20.4. The number of fused-ring (bicyclic) bond motifs is 1. The van der Waals surface area contributed by atoms with Crippen molar-refractivity contribution >= 4 is 34.4 Å². The molecule has 1 N–H and O–H groups in total. The van der Waals surface area contributed by atoms with E-state index in [0.29, 0.717) is 37.7 Å². The first-order valence-electron chi connectivity index (χ1n) is 9.97. The number of amides is 1. The average molecular weight is 414 g/mol. The topological polar surface area (TPSA) is 87.5 Å². The van der Waals surface area contributed by atoms with Crippen LogP contribution in [0.3, 0.4) is 0 Å². The summed E-state index contributed by atoms with van der Waals surface area (Å²) in [6.07, 6.45) is 1.60. The van der Waals surface area contributed by atoms with Crippen LogP contribution in [0.5, 0.6) is 5.75 Å². The molecule has 1 saturated heterocycles. The number of hydrogen-bond donors (Lipinski definition) is 1. The number of ether oxygens (including phenoxy) is 2. The summed E-state index contributed by atoms with van der Waals surface area (Å²) in [6, 6.07) is 18.7. The number of morpholine rings is 1. The van der Waals surface area contributed by atoms with Gasteiger partial charge < -0.3 is 19.7 Å². The van der Waals surface area contributed by atoms with E-state index in [4.69, 9.17) is 14.5 Å². The molecular formula is C24H22N4O3. The number of pyridine rings is 1. The van der Waals surface area contributed by atoms with Gasteiger partial charge in [0.15, 0.2) is 0 Å². The van der Waals surface area contributed by atoms with Crippen molar-refractivity contribution in [2.24, 2.45) is 0 Å². The maximum Gasteiger partial charge on any atom is 0.266 e. The fourth-order valence-electron chi connectivity index (χ4n) is 3.43. The first-order chi connectivity index (χ1) is 15.2. The Morgan fingerprint density at radius 2 is 1.94 bits per heavy atom. The van der Waals surface area contributed by atoms with Gasteiger partial charge in [-0.05, 0) is 42.5 Å². The van der Waals surface area contributed by atoms with Crippen LogP contribution in [0.25, 0.3) is 17.0 Å². The van der Waals surface area contributed by atoms with Crippen LogP contribution >= 0.6 is 0 Å². The van der Waals surface area contributed by atoms with Crippen molar-refractivity contribution in [2.75, 3.05) is 43.6 Å². The Morgan fingerprint density at radius 1 is 1.19 bits per heavy atom. The van der Waals surface area contributed by atoms with E-state index in [0.717, 1.165) is 22.3 Å². The Balaban J connectivity index is 1.69. The number of aromatic nitrogens is 1. The van der Waals surface area contributed by atoms with Gasteiger partial charge >= 0.3 is 0 Å². The van der Waals surface area contributed by atoms with E-state index in [-0.39, 0.29) is 5.57 Å². The number of methoxy groups -OCH3 is 1. The van der Waals surface area contributed by atoms with E-state index in [1.807, 2.05) is 36.4 Å². The molecule has 0 spiro atoms. The predicted octanol–water partition coefficient (Wildman–Crippen LogP) is 3.63. The summed E-state index contributed by atoms with van der Waals surface area (Å²) < 4.78 is 10.6. The molecular weight excluding hydrogens is 392 g/mol. The van der Waals surface area contributed by atoms with Crippen LogP contribution < -0.4 is 15.0 Å². The van der Waals surface area contributed by atoms with Gasteiger partial charge in [0.25, 0.3) is 5.91 Å². The highest BCUT2D eigenvalue weighted by atomic mass is 16.5. The Morgan fingerprint density at radius 3 is 2.65 bits per heavy atom. The zero-order valence-corrected chi connectivity index (χ0v) is 17.2. The van der Waals surface area contributed by atoms with Crippen LogP contribution in [0, 0.1) is 11.3 Å². The van der Waals surface area contributed by atoms with Crippen molar-refractivity contribution in [3.05, 3.63) is 65.7 Å². The molecule has 1 aliphatic rings. The molecule has 3 aromatic rings. The summed E-state index contributed by atoms with van der Waals surface area (Å²) in [5.41, 5.74) is 2.17. The number of benzene rings is 2. The van der Waals surface area contributed by atoms with Crippen LogP contribution in [-0.2, 0) is 9.53 Å². The van der Waals surface area contributed by atoms with E-state index >= 15 is 0 Å². The average Bonchev–Trinajstić information content (AvgIpc) is 2.83. The quantitative estimate of drug-likeness (QED) is 0.507. The fourth-order valence-corrected chi connectivity index (χ4v) is 3.43. The summed E-state index contributed by atoms with van der Waals surface area (Å²) in [5, 5.41) is 13.4. The number of nitrogens with one attached hydrogen (secondary N) is 1. The van der Waals surface area contributed by atoms with Crippen LogP contribution in [0.1, 0.15) is 5.56 Å². The molecule has 0 bridgehead atoms. The highest BCUT2D eigenvalue weighted by Crippen LogP contribution is 2.27. The first-order valence-corrected chi connectivity index (χ1v) is 9.97. The number of rotatable bonds is 5. The molecule has 4 rings (SSSR count). The van der Waals surface area contributed by atoms with Crippen LogP contribution in [0.15, 0.2) is 60.2 Å². The number of hydrogen-bond acceptors (Lipinski definition) is 6. The third-order valence-corrected chi connectivity index (χ3v) is 5.06. The van der Waals surface area contributed by atoms with E-state index < -0.39 is 5.91 Å². The minimum atomic E-state index is -0.478. The molecule has 156 valence electrons. The summed E-state index contributed by atoms with van der Waals surface area (Å²) in [6.45, 7) is 2.62. The molecule has 0 aliphatic carbocycles. The molecule has 0 saturated carbocycles. The Labute approximate surface area is 180 Å². The smallest absolute Gasteiger partial charge is 0.266 e. The highest BCUT2D eigenvalue weighted by molar-refractivity contribution is 6.10. The summed E-state index contributed by atoms with van der Waals surface area (Å²) in [7, 11) is 1.58. The Bertz CT molecular complexity index is 1160. The normalized spacial score (nSPS) is 14.2. The van der Waals surface area contributed by atoms with Crippen LogP contribution in [0.4, 0.5) is 11.5 Å². The SMILES string of the molecule is COc1ccc(NC(=O)C(C#N)=Cc2cc3ccccc3nc2N2CCOCC2)cc1. The second-order valence-electron chi connectivity index (χ2n) is 7.05. The second kappa shape index (κ2) is 9.28. The van der Waals surface area contributed by atoms with Crippen molar-refractivity contribution in [3.8, 4) is 11.8 Å². The third kappa shape index (κ3) is 4.65. The van der Waals surface area contributed by atoms with Crippen molar-refractivity contribution < 1.29 is 14.3 Å². The zero-order valence-electron chi connectivity index (χ0n) is 17.2. The van der Waals surface area contributed by atoms with Gasteiger partial charge in [-0.2, -0.15) is 5.26 Å². The monoisotopic (exact) mass is 414 g/mol. The number of nitrogens with zero attached hydrogens (tertiary/aromatic N) is 3. The zero-order chi connectivity index (χ0) is 21.6. The molecule has 1 aromatic heterocycles. The molecule has 2 heterocycles. The number of anilines is 2. The van der Waals surface area contributed by atoms with Crippen molar-refractivity contribution in [3.63, 3.8) is 0 Å². The van der Waals surface area contributed by atoms with Gasteiger partial charge in [-0.15, -0.1) is 0 Å². The van der Waals surface area contributed by atoms with Gasteiger partial charge in [0.1, 0.15) is 23.2 Å². The van der Waals surface area contributed by atoms with Gasteiger partial charge in [0.2, 0.25) is 0 Å². The molecule has 7 heteroatoms. The summed E-state index contributed by atoms with van der Waals surface area (Å²) in [5.74, 6) is 0.951. The molecule has 0 atom stereocenters. The van der Waals surface area contributed by atoms with E-state index in [1.165, 1.54) is 0 Å². The number of para-hydroxylation sites is 1. The molecule has 1 amide bonds. The van der Waals surface area contributed by atoms with Crippen molar-refractivity contribution in [1.82, 2.24) is 4.98 Å². The minimum absolute atomic E-state index is 0.00223. The summed E-state index contributed by atoms with van der Waals surface area (Å²) >= 11 is 0. The second-order valence-corrected chi connectivity index (χ2v) is 7.05. The predicted molar refractivity (Wildman–Crippen MR) is 120 cm³/mol. The van der Waals surface area contributed by atoms with Gasteiger partial charge in [0.05, 0.1) is 25.8 Å². The van der Waals surface area contributed by atoms with Gasteiger partial charge in [0, 0.05) is 29.7 Å². The summed E-state index contributed by atoms with van der Waals surface area (Å²) in [4.78, 5) is 19.7. The van der Waals surface area contributed by atoms with Gasteiger partial charge in [-0.1, -0.05) is 18.2 Å². The lowest BCUT2D eigenvalue weighted by molar-refractivity contribution is -0.112. The lowest BCUT2D eigenvalue weighted by atomic mass is 10.1. The molecule has 7 nitrogen and oxygen atoms in total. The van der Waals surface area contributed by atoms with E-state index in [9.17, 15) is 10.1 Å². The molecule has 0 radical (unpaired) electrons. The molecule has 31 heavy (non-hydrogen) atoms. The number of carbonyl (C=O) groups excluding carboxylic acids is 1. The number of nitriles is 1. The standard InChI is InChI=1S/C24H22N4O3/c1-30-21-8-6-20(7-9-21)26-24(29)19(16-25)15-18-14-17-4-2-3-5-22(17)27-23(18)28-10-12-31-13-11-28/h2-9,14-15H,10-13H2,1H3,(H,26,29). The van der Waals surface area contributed by atoms with Crippen LogP contribution in [-0.4, -0.2) is 44.3 Å². The lowest BCUT2D eigenvalue weighted by Gasteiger charge is -2.29.